The molecule has 5 rings (SSSR count). The van der Waals surface area contributed by atoms with E-state index in [1.54, 1.807) is 17.2 Å². The number of fused-ring (bicyclic) bond motifs is 1. The number of sulfonamides is 1. The molecule has 1 aliphatic carbocycles. The van der Waals surface area contributed by atoms with Crippen LogP contribution >= 0.6 is 11.6 Å². The van der Waals surface area contributed by atoms with Crippen molar-refractivity contribution in [2.24, 2.45) is 0 Å². The molecule has 34 heavy (non-hydrogen) atoms. The van der Waals surface area contributed by atoms with E-state index < -0.39 is 15.6 Å². The topological polar surface area (TPSA) is 74.9 Å². The number of aromatic nitrogens is 1. The van der Waals surface area contributed by atoms with Crippen LogP contribution < -0.4 is 0 Å². The maximum Gasteiger partial charge on any atom is 0.258 e. The molecule has 1 aliphatic heterocycles. The summed E-state index contributed by atoms with van der Waals surface area (Å²) < 4.78 is 25.1. The standard InChI is InChI=1S/C25H23ClN4O3S/c1-27-25(9-10-25)18-5-3-17(4-6-18)23-20-15-19(26)7-8-22(20)28-16-21(23)24(31)29-11-13-30(14-12-29)34(2,32)33/h3-8,15-16H,9-14H2,2H3. The van der Waals surface area contributed by atoms with Gasteiger partial charge >= 0.3 is 0 Å². The smallest absolute Gasteiger partial charge is 0.258 e. The lowest BCUT2D eigenvalue weighted by atomic mass is 9.93. The molecule has 0 radical (unpaired) electrons. The molecule has 1 aromatic heterocycles. The summed E-state index contributed by atoms with van der Waals surface area (Å²) in [7, 11) is -3.29. The summed E-state index contributed by atoms with van der Waals surface area (Å²) in [6.45, 7) is 8.67. The SMILES string of the molecule is [C-]#[N+]C1(c2ccc(-c3c(C(=O)N4CCN(S(C)(=O)=O)CC4)cnc4ccc(Cl)cc34)cc2)CC1. The second-order valence-corrected chi connectivity index (χ2v) is 11.3. The van der Waals surface area contributed by atoms with E-state index in [-0.39, 0.29) is 19.0 Å². The molecule has 2 aliphatic rings. The summed E-state index contributed by atoms with van der Waals surface area (Å²) in [6, 6.07) is 13.2. The molecule has 0 spiro atoms. The number of carbonyl (C=O) groups is 1. The van der Waals surface area contributed by atoms with Crippen molar-refractivity contribution in [2.45, 2.75) is 18.4 Å². The number of halogens is 1. The Balaban J connectivity index is 1.56. The summed E-state index contributed by atoms with van der Waals surface area (Å²) in [5.74, 6) is -0.193. The van der Waals surface area contributed by atoms with E-state index >= 15 is 0 Å². The number of benzene rings is 2. The Morgan fingerprint density at radius 2 is 1.76 bits per heavy atom. The lowest BCUT2D eigenvalue weighted by Crippen LogP contribution is -2.50. The molecule has 9 heteroatoms. The van der Waals surface area contributed by atoms with Crippen molar-refractivity contribution in [3.05, 3.63) is 76.2 Å². The van der Waals surface area contributed by atoms with Crippen LogP contribution in [0.15, 0.2) is 48.7 Å². The third kappa shape index (κ3) is 4.05. The van der Waals surface area contributed by atoms with E-state index in [1.165, 1.54) is 10.6 Å². The van der Waals surface area contributed by atoms with Gasteiger partial charge in [-0.25, -0.2) is 15.0 Å². The Labute approximate surface area is 203 Å². The summed E-state index contributed by atoms with van der Waals surface area (Å²) in [6.07, 6.45) is 4.51. The van der Waals surface area contributed by atoms with E-state index in [4.69, 9.17) is 18.2 Å². The molecule has 1 saturated heterocycles. The molecule has 2 heterocycles. The van der Waals surface area contributed by atoms with Crippen molar-refractivity contribution in [3.8, 4) is 11.1 Å². The Kier molecular flexibility index (Phi) is 5.59. The number of rotatable bonds is 4. The monoisotopic (exact) mass is 494 g/mol. The second-order valence-electron chi connectivity index (χ2n) is 8.88. The van der Waals surface area contributed by atoms with Crippen molar-refractivity contribution in [1.29, 1.82) is 0 Å². The summed E-state index contributed by atoms with van der Waals surface area (Å²) in [4.78, 5) is 23.6. The summed E-state index contributed by atoms with van der Waals surface area (Å²) in [5, 5.41) is 1.32. The Morgan fingerprint density at radius 1 is 1.09 bits per heavy atom. The number of amides is 1. The van der Waals surface area contributed by atoms with Gasteiger partial charge in [0.25, 0.3) is 11.4 Å². The third-order valence-corrected chi connectivity index (χ3v) is 8.24. The highest BCUT2D eigenvalue weighted by Gasteiger charge is 2.52. The Hall–Kier alpha value is -2.99. The maximum absolute atomic E-state index is 13.6. The van der Waals surface area contributed by atoms with Crippen molar-refractivity contribution in [3.63, 3.8) is 0 Å². The zero-order valence-electron chi connectivity index (χ0n) is 18.7. The fourth-order valence-electron chi connectivity index (χ4n) is 4.56. The highest BCUT2D eigenvalue weighted by Crippen LogP contribution is 2.50. The summed E-state index contributed by atoms with van der Waals surface area (Å²) in [5.41, 5.74) is 3.34. The van der Waals surface area contributed by atoms with Gasteiger partial charge in [0, 0.05) is 66.8 Å². The van der Waals surface area contributed by atoms with Crippen LogP contribution in [-0.2, 0) is 15.6 Å². The van der Waals surface area contributed by atoms with Gasteiger partial charge in [-0.2, -0.15) is 4.31 Å². The van der Waals surface area contributed by atoms with Gasteiger partial charge in [-0.15, -0.1) is 0 Å². The lowest BCUT2D eigenvalue weighted by molar-refractivity contribution is 0.0699. The number of pyridine rings is 1. The predicted octanol–water partition coefficient (Wildman–Crippen LogP) is 4.18. The van der Waals surface area contributed by atoms with Gasteiger partial charge in [0.1, 0.15) is 0 Å². The minimum Gasteiger partial charge on any atom is -0.336 e. The number of nitrogens with zero attached hydrogens (tertiary/aromatic N) is 4. The van der Waals surface area contributed by atoms with Crippen molar-refractivity contribution < 1.29 is 13.2 Å². The minimum atomic E-state index is -3.29. The van der Waals surface area contributed by atoms with Gasteiger partial charge < -0.3 is 9.74 Å². The number of piperazine rings is 1. The molecule has 1 amide bonds. The molecular formula is C25H23ClN4O3S. The quantitative estimate of drug-likeness (QED) is 0.510. The fourth-order valence-corrected chi connectivity index (χ4v) is 5.56. The molecule has 2 aromatic carbocycles. The van der Waals surface area contributed by atoms with Crippen molar-refractivity contribution in [2.75, 3.05) is 32.4 Å². The molecule has 1 saturated carbocycles. The van der Waals surface area contributed by atoms with Crippen molar-refractivity contribution in [1.82, 2.24) is 14.2 Å². The van der Waals surface area contributed by atoms with Gasteiger partial charge in [0.05, 0.1) is 17.3 Å². The molecule has 2 fully saturated rings. The maximum atomic E-state index is 13.6. The van der Waals surface area contributed by atoms with Crippen LogP contribution in [0.3, 0.4) is 0 Å². The van der Waals surface area contributed by atoms with Crippen LogP contribution in [0.1, 0.15) is 28.8 Å². The van der Waals surface area contributed by atoms with Crippen LogP contribution in [0.4, 0.5) is 0 Å². The van der Waals surface area contributed by atoms with Gasteiger partial charge in [0.2, 0.25) is 10.0 Å². The normalized spacial score (nSPS) is 18.0. The third-order valence-electron chi connectivity index (χ3n) is 6.70. The average Bonchev–Trinajstić information content (AvgIpc) is 3.64. The molecule has 0 N–H and O–H groups in total. The van der Waals surface area contributed by atoms with E-state index in [2.05, 4.69) is 9.83 Å². The van der Waals surface area contributed by atoms with Crippen LogP contribution in [0.5, 0.6) is 0 Å². The molecule has 0 unspecified atom stereocenters. The number of hydrogen-bond donors (Lipinski definition) is 0. The molecule has 7 nitrogen and oxygen atoms in total. The van der Waals surface area contributed by atoms with Crippen LogP contribution in [0, 0.1) is 6.57 Å². The molecule has 0 atom stereocenters. The van der Waals surface area contributed by atoms with Crippen LogP contribution in [-0.4, -0.2) is 60.9 Å². The predicted molar refractivity (Wildman–Crippen MR) is 132 cm³/mol. The van der Waals surface area contributed by atoms with Gasteiger partial charge in [0.15, 0.2) is 0 Å². The first kappa shape index (κ1) is 22.8. The Bertz CT molecular complexity index is 1440. The average molecular weight is 495 g/mol. The molecular weight excluding hydrogens is 472 g/mol. The first-order chi connectivity index (χ1) is 16.2. The zero-order valence-corrected chi connectivity index (χ0v) is 20.2. The van der Waals surface area contributed by atoms with Crippen LogP contribution in [0.2, 0.25) is 5.02 Å². The molecule has 174 valence electrons. The highest BCUT2D eigenvalue weighted by atomic mass is 35.5. The lowest BCUT2D eigenvalue weighted by Gasteiger charge is -2.33. The zero-order chi connectivity index (χ0) is 24.1. The molecule has 3 aromatic rings. The highest BCUT2D eigenvalue weighted by molar-refractivity contribution is 7.88. The largest absolute Gasteiger partial charge is 0.336 e. The van der Waals surface area contributed by atoms with Gasteiger partial charge in [-0.1, -0.05) is 35.9 Å². The number of hydrogen-bond acceptors (Lipinski definition) is 4. The second kappa shape index (κ2) is 8.35. The van der Waals surface area contributed by atoms with Crippen LogP contribution in [0.25, 0.3) is 26.9 Å². The van der Waals surface area contributed by atoms with Crippen molar-refractivity contribution >= 4 is 38.4 Å². The first-order valence-electron chi connectivity index (χ1n) is 11.0. The van der Waals surface area contributed by atoms with Gasteiger partial charge in [-0.05, 0) is 23.8 Å². The van der Waals surface area contributed by atoms with E-state index in [0.717, 1.165) is 40.4 Å². The van der Waals surface area contributed by atoms with Gasteiger partial charge in [-0.3, -0.25) is 9.78 Å². The summed E-state index contributed by atoms with van der Waals surface area (Å²) >= 11 is 6.31. The van der Waals surface area contributed by atoms with E-state index in [0.29, 0.717) is 23.7 Å². The minimum absolute atomic E-state index is 0.193. The first-order valence-corrected chi connectivity index (χ1v) is 13.3. The fraction of sp³-hybridized carbons (Fsp3) is 0.320. The Morgan fingerprint density at radius 3 is 2.35 bits per heavy atom. The number of carbonyl (C=O) groups excluding carboxylic acids is 1. The van der Waals surface area contributed by atoms with E-state index in [1.807, 2.05) is 36.4 Å². The molecule has 0 bridgehead atoms. The van der Waals surface area contributed by atoms with E-state index in [9.17, 15) is 13.2 Å².